The third kappa shape index (κ3) is 4.16. The van der Waals surface area contributed by atoms with Gasteiger partial charge in [-0.15, -0.1) is 0 Å². The summed E-state index contributed by atoms with van der Waals surface area (Å²) in [7, 11) is 1.58. The predicted octanol–water partition coefficient (Wildman–Crippen LogP) is 5.73. The number of hydrogen-bond donors (Lipinski definition) is 0. The zero-order chi connectivity index (χ0) is 24.4. The summed E-state index contributed by atoms with van der Waals surface area (Å²) in [5.74, 6) is 0.998. The van der Waals surface area contributed by atoms with Crippen molar-refractivity contribution in [1.29, 1.82) is 0 Å². The number of carbonyl (C=O) groups is 1. The molecule has 0 fully saturated rings. The third-order valence-electron chi connectivity index (χ3n) is 6.37. The maximum absolute atomic E-state index is 13.6. The fraction of sp³-hybridized carbons (Fsp3) is 0.241. The van der Waals surface area contributed by atoms with Crippen molar-refractivity contribution in [3.63, 3.8) is 0 Å². The average Bonchev–Trinajstić information content (AvgIpc) is 3.18. The summed E-state index contributed by atoms with van der Waals surface area (Å²) < 4.78 is 17.6. The van der Waals surface area contributed by atoms with Gasteiger partial charge in [0.05, 0.1) is 24.1 Å². The van der Waals surface area contributed by atoms with E-state index in [1.54, 1.807) is 36.3 Å². The Labute approximate surface area is 203 Å². The molecule has 35 heavy (non-hydrogen) atoms. The highest BCUT2D eigenvalue weighted by Gasteiger charge is 2.42. The number of fused-ring (bicyclic) bond motifs is 2. The number of unbranched alkanes of at least 4 members (excludes halogenated alkanes) is 1. The topological polar surface area (TPSA) is 69.0 Å². The molecule has 0 bridgehead atoms. The molecule has 2 heterocycles. The minimum atomic E-state index is -0.554. The van der Waals surface area contributed by atoms with Crippen LogP contribution in [0.5, 0.6) is 11.5 Å². The highest BCUT2D eigenvalue weighted by Crippen LogP contribution is 2.41. The number of para-hydroxylation sites is 1. The van der Waals surface area contributed by atoms with Crippen molar-refractivity contribution < 1.29 is 18.7 Å². The normalized spacial score (nSPS) is 14.9. The SMILES string of the molecule is CCCCN1C(=O)c2oc3ccccc3c(=O)c2C1c1ccc(OCc2ccccc2)c(OC)c1. The van der Waals surface area contributed by atoms with Crippen LogP contribution in [0, 0.1) is 0 Å². The second-order valence-electron chi connectivity index (χ2n) is 8.61. The number of hydrogen-bond acceptors (Lipinski definition) is 5. The third-order valence-corrected chi connectivity index (χ3v) is 6.37. The maximum atomic E-state index is 13.6. The molecule has 0 N–H and O–H groups in total. The van der Waals surface area contributed by atoms with E-state index in [1.165, 1.54) is 0 Å². The first-order valence-corrected chi connectivity index (χ1v) is 11.8. The number of rotatable bonds is 8. The zero-order valence-corrected chi connectivity index (χ0v) is 19.8. The van der Waals surface area contributed by atoms with Gasteiger partial charge < -0.3 is 18.8 Å². The van der Waals surface area contributed by atoms with Gasteiger partial charge >= 0.3 is 0 Å². The first-order chi connectivity index (χ1) is 17.1. The molecule has 1 aliphatic rings. The molecular weight excluding hydrogens is 442 g/mol. The fourth-order valence-corrected chi connectivity index (χ4v) is 4.58. The van der Waals surface area contributed by atoms with Crippen molar-refractivity contribution in [3.8, 4) is 11.5 Å². The molecule has 178 valence electrons. The van der Waals surface area contributed by atoms with Crippen LogP contribution in [-0.4, -0.2) is 24.5 Å². The molecule has 1 aliphatic heterocycles. The lowest BCUT2D eigenvalue weighted by atomic mass is 9.98. The van der Waals surface area contributed by atoms with Gasteiger partial charge in [-0.05, 0) is 41.8 Å². The van der Waals surface area contributed by atoms with Crippen LogP contribution >= 0.6 is 0 Å². The number of amides is 1. The largest absolute Gasteiger partial charge is 0.493 e. The second-order valence-corrected chi connectivity index (χ2v) is 8.61. The maximum Gasteiger partial charge on any atom is 0.290 e. The van der Waals surface area contributed by atoms with Gasteiger partial charge in [-0.2, -0.15) is 0 Å². The molecule has 1 amide bonds. The van der Waals surface area contributed by atoms with Crippen molar-refractivity contribution in [3.05, 3.63) is 105 Å². The van der Waals surface area contributed by atoms with Gasteiger partial charge in [0.15, 0.2) is 16.9 Å². The minimum Gasteiger partial charge on any atom is -0.493 e. The van der Waals surface area contributed by atoms with Gasteiger partial charge in [0.25, 0.3) is 5.91 Å². The summed E-state index contributed by atoms with van der Waals surface area (Å²) in [4.78, 5) is 28.7. The lowest BCUT2D eigenvalue weighted by Crippen LogP contribution is -2.30. The molecule has 4 aromatic rings. The van der Waals surface area contributed by atoms with Crippen molar-refractivity contribution in [2.75, 3.05) is 13.7 Å². The standard InChI is InChI=1S/C29H27NO5/c1-3-4-16-30-26(25-27(31)21-12-8-9-13-22(21)35-28(25)29(30)32)20-14-15-23(24(17-20)33-2)34-18-19-10-6-5-7-11-19/h5-15,17,26H,3-4,16,18H2,1-2H3. The summed E-state index contributed by atoms with van der Waals surface area (Å²) in [6.07, 6.45) is 1.74. The van der Waals surface area contributed by atoms with Crippen molar-refractivity contribution in [2.24, 2.45) is 0 Å². The minimum absolute atomic E-state index is 0.123. The smallest absolute Gasteiger partial charge is 0.290 e. The summed E-state index contributed by atoms with van der Waals surface area (Å²) in [6.45, 7) is 3.00. The Morgan fingerprint density at radius 2 is 1.71 bits per heavy atom. The Hall–Kier alpha value is -4.06. The van der Waals surface area contributed by atoms with E-state index in [9.17, 15) is 9.59 Å². The van der Waals surface area contributed by atoms with E-state index in [-0.39, 0.29) is 17.1 Å². The Morgan fingerprint density at radius 3 is 2.49 bits per heavy atom. The first kappa shape index (κ1) is 22.7. The van der Waals surface area contributed by atoms with E-state index in [1.807, 2.05) is 48.5 Å². The van der Waals surface area contributed by atoms with E-state index in [0.717, 1.165) is 24.0 Å². The predicted molar refractivity (Wildman–Crippen MR) is 134 cm³/mol. The van der Waals surface area contributed by atoms with Gasteiger partial charge in [-0.3, -0.25) is 9.59 Å². The quantitative estimate of drug-likeness (QED) is 0.330. The molecular formula is C29H27NO5. The Morgan fingerprint density at radius 1 is 0.943 bits per heavy atom. The summed E-state index contributed by atoms with van der Waals surface area (Å²) >= 11 is 0. The summed E-state index contributed by atoms with van der Waals surface area (Å²) in [5.41, 5.74) is 2.44. The Kier molecular flexibility index (Phi) is 6.27. The molecule has 0 spiro atoms. The van der Waals surface area contributed by atoms with Crippen LogP contribution in [0.1, 0.15) is 53.1 Å². The summed E-state index contributed by atoms with van der Waals surface area (Å²) in [5, 5.41) is 0.469. The number of benzene rings is 3. The molecule has 1 atom stereocenters. The monoisotopic (exact) mass is 469 g/mol. The van der Waals surface area contributed by atoms with Crippen LogP contribution in [0.25, 0.3) is 11.0 Å². The van der Waals surface area contributed by atoms with E-state index < -0.39 is 6.04 Å². The Bertz CT molecular complexity index is 1430. The average molecular weight is 470 g/mol. The van der Waals surface area contributed by atoms with E-state index >= 15 is 0 Å². The lowest BCUT2D eigenvalue weighted by Gasteiger charge is -2.25. The molecule has 0 saturated heterocycles. The van der Waals surface area contributed by atoms with Crippen molar-refractivity contribution in [1.82, 2.24) is 4.90 Å². The van der Waals surface area contributed by atoms with Gasteiger partial charge in [-0.25, -0.2) is 0 Å². The van der Waals surface area contributed by atoms with E-state index in [0.29, 0.717) is 41.2 Å². The first-order valence-electron chi connectivity index (χ1n) is 11.8. The fourth-order valence-electron chi connectivity index (χ4n) is 4.58. The van der Waals surface area contributed by atoms with Crippen LogP contribution in [-0.2, 0) is 6.61 Å². The number of carbonyl (C=O) groups excluding carboxylic acids is 1. The molecule has 5 rings (SSSR count). The number of ether oxygens (including phenoxy) is 2. The van der Waals surface area contributed by atoms with Crippen LogP contribution in [0.2, 0.25) is 0 Å². The molecule has 1 unspecified atom stereocenters. The van der Waals surface area contributed by atoms with E-state index in [2.05, 4.69) is 6.92 Å². The molecule has 0 saturated carbocycles. The van der Waals surface area contributed by atoms with Gasteiger partial charge in [0.2, 0.25) is 5.76 Å². The highest BCUT2D eigenvalue weighted by molar-refractivity contribution is 5.99. The van der Waals surface area contributed by atoms with Gasteiger partial charge in [0, 0.05) is 6.54 Å². The molecule has 0 aliphatic carbocycles. The van der Waals surface area contributed by atoms with Crippen molar-refractivity contribution >= 4 is 16.9 Å². The molecule has 1 aromatic heterocycles. The molecule has 6 nitrogen and oxygen atoms in total. The molecule has 6 heteroatoms. The Balaban J connectivity index is 1.57. The van der Waals surface area contributed by atoms with Crippen LogP contribution in [0.4, 0.5) is 0 Å². The second kappa shape index (κ2) is 9.66. The zero-order valence-electron chi connectivity index (χ0n) is 19.8. The molecule has 0 radical (unpaired) electrons. The lowest BCUT2D eigenvalue weighted by molar-refractivity contribution is 0.0725. The van der Waals surface area contributed by atoms with Gasteiger partial charge in [0.1, 0.15) is 12.2 Å². The van der Waals surface area contributed by atoms with Gasteiger partial charge in [-0.1, -0.05) is 61.9 Å². The van der Waals surface area contributed by atoms with Crippen LogP contribution in [0.15, 0.2) is 82.0 Å². The number of methoxy groups -OCH3 is 1. The van der Waals surface area contributed by atoms with E-state index in [4.69, 9.17) is 13.9 Å². The van der Waals surface area contributed by atoms with Crippen molar-refractivity contribution in [2.45, 2.75) is 32.4 Å². The van der Waals surface area contributed by atoms with Crippen LogP contribution in [0.3, 0.4) is 0 Å². The number of nitrogens with zero attached hydrogens (tertiary/aromatic N) is 1. The summed E-state index contributed by atoms with van der Waals surface area (Å²) in [6, 6.07) is 22.0. The highest BCUT2D eigenvalue weighted by atomic mass is 16.5. The van der Waals surface area contributed by atoms with Crippen LogP contribution < -0.4 is 14.9 Å². The molecule has 3 aromatic carbocycles.